The van der Waals surface area contributed by atoms with Crippen LogP contribution < -0.4 is 10.1 Å². The molecule has 0 aliphatic carbocycles. The number of benzene rings is 2. The second kappa shape index (κ2) is 6.58. The first-order chi connectivity index (χ1) is 9.60. The van der Waals surface area contributed by atoms with Gasteiger partial charge in [0, 0.05) is 6.54 Å². The van der Waals surface area contributed by atoms with Gasteiger partial charge in [-0.25, -0.2) is 0 Å². The van der Waals surface area contributed by atoms with Crippen molar-refractivity contribution in [3.8, 4) is 11.5 Å². The maximum Gasteiger partial charge on any atom is 0.127 e. The molecule has 2 nitrogen and oxygen atoms in total. The molecule has 0 aliphatic rings. The topological polar surface area (TPSA) is 21.3 Å². The first kappa shape index (κ1) is 14.6. The molecule has 0 aliphatic heterocycles. The Kier molecular flexibility index (Phi) is 4.80. The van der Waals surface area contributed by atoms with Crippen LogP contribution in [0.1, 0.15) is 36.5 Å². The molecular weight excluding hydrogens is 246 g/mol. The van der Waals surface area contributed by atoms with E-state index in [0.29, 0.717) is 5.92 Å². The normalized spacial score (nSPS) is 10.8. The molecular formula is C18H23NO. The zero-order valence-electron chi connectivity index (χ0n) is 12.7. The fraction of sp³-hybridized carbons (Fsp3) is 0.333. The van der Waals surface area contributed by atoms with Gasteiger partial charge in [0.1, 0.15) is 11.5 Å². The maximum absolute atomic E-state index is 5.95. The molecule has 2 aromatic carbocycles. The van der Waals surface area contributed by atoms with E-state index in [1.165, 1.54) is 16.7 Å². The molecule has 0 fully saturated rings. The minimum Gasteiger partial charge on any atom is -0.457 e. The molecule has 0 amide bonds. The highest BCUT2D eigenvalue weighted by molar-refractivity contribution is 5.39. The number of hydrogen-bond donors (Lipinski definition) is 1. The van der Waals surface area contributed by atoms with Crippen LogP contribution in [0.5, 0.6) is 11.5 Å². The molecule has 0 aromatic heterocycles. The van der Waals surface area contributed by atoms with Gasteiger partial charge >= 0.3 is 0 Å². The Labute approximate surface area is 121 Å². The fourth-order valence-electron chi connectivity index (χ4n) is 2.42. The third-order valence-electron chi connectivity index (χ3n) is 3.38. The Balaban J connectivity index is 2.17. The van der Waals surface area contributed by atoms with Crippen molar-refractivity contribution in [3.05, 3.63) is 59.2 Å². The lowest BCUT2D eigenvalue weighted by atomic mass is 9.98. The summed E-state index contributed by atoms with van der Waals surface area (Å²) < 4.78 is 5.95. The Morgan fingerprint density at radius 1 is 1.05 bits per heavy atom. The number of aryl methyl sites for hydroxylation is 1. The molecule has 0 saturated carbocycles. The number of rotatable bonds is 5. The Morgan fingerprint density at radius 2 is 1.80 bits per heavy atom. The van der Waals surface area contributed by atoms with Crippen LogP contribution in [0.25, 0.3) is 0 Å². The van der Waals surface area contributed by atoms with E-state index in [9.17, 15) is 0 Å². The predicted molar refractivity (Wildman–Crippen MR) is 84.5 cm³/mol. The second-order valence-corrected chi connectivity index (χ2v) is 5.45. The van der Waals surface area contributed by atoms with Crippen molar-refractivity contribution in [2.45, 2.75) is 33.2 Å². The first-order valence-corrected chi connectivity index (χ1v) is 7.12. The second-order valence-electron chi connectivity index (χ2n) is 5.45. The van der Waals surface area contributed by atoms with Crippen LogP contribution in [-0.2, 0) is 6.54 Å². The lowest BCUT2D eigenvalue weighted by molar-refractivity contribution is 0.481. The fourth-order valence-corrected chi connectivity index (χ4v) is 2.42. The van der Waals surface area contributed by atoms with Crippen molar-refractivity contribution in [1.29, 1.82) is 0 Å². The summed E-state index contributed by atoms with van der Waals surface area (Å²) in [4.78, 5) is 0. The molecule has 2 rings (SSSR count). The molecule has 2 aromatic rings. The van der Waals surface area contributed by atoms with Gasteiger partial charge in [0.25, 0.3) is 0 Å². The van der Waals surface area contributed by atoms with E-state index in [-0.39, 0.29) is 0 Å². The van der Waals surface area contributed by atoms with Gasteiger partial charge in [0.15, 0.2) is 0 Å². The van der Waals surface area contributed by atoms with Crippen LogP contribution in [0.2, 0.25) is 0 Å². The molecule has 0 bridgehead atoms. The lowest BCUT2D eigenvalue weighted by Crippen LogP contribution is -2.04. The minimum atomic E-state index is 0.544. The van der Waals surface area contributed by atoms with E-state index in [4.69, 9.17) is 4.74 Å². The summed E-state index contributed by atoms with van der Waals surface area (Å²) in [6.07, 6.45) is 0. The molecule has 20 heavy (non-hydrogen) atoms. The Morgan fingerprint density at radius 3 is 2.45 bits per heavy atom. The Hall–Kier alpha value is -1.80. The maximum atomic E-state index is 5.95. The summed E-state index contributed by atoms with van der Waals surface area (Å²) in [5, 5.41) is 3.15. The summed E-state index contributed by atoms with van der Waals surface area (Å²) in [7, 11) is 1.95. The van der Waals surface area contributed by atoms with Gasteiger partial charge in [-0.05, 0) is 60.8 Å². The predicted octanol–water partition coefficient (Wildman–Crippen LogP) is 4.63. The van der Waals surface area contributed by atoms with E-state index in [2.05, 4.69) is 50.4 Å². The summed E-state index contributed by atoms with van der Waals surface area (Å²) in [6.45, 7) is 7.41. The summed E-state index contributed by atoms with van der Waals surface area (Å²) in [5.41, 5.74) is 3.88. The summed E-state index contributed by atoms with van der Waals surface area (Å²) in [6, 6.07) is 14.5. The average molecular weight is 269 g/mol. The van der Waals surface area contributed by atoms with E-state index >= 15 is 0 Å². The third-order valence-corrected chi connectivity index (χ3v) is 3.38. The molecule has 0 radical (unpaired) electrons. The van der Waals surface area contributed by atoms with Gasteiger partial charge in [-0.2, -0.15) is 0 Å². The standard InChI is InChI=1S/C18H23NO/c1-13(2)18-9-8-17(10-14(18)3)20-16-7-5-6-15(11-16)12-19-4/h5-11,13,19H,12H2,1-4H3. The highest BCUT2D eigenvalue weighted by Crippen LogP contribution is 2.27. The molecule has 2 heteroatoms. The molecule has 106 valence electrons. The third kappa shape index (κ3) is 3.61. The van der Waals surface area contributed by atoms with Gasteiger partial charge in [-0.15, -0.1) is 0 Å². The van der Waals surface area contributed by atoms with E-state index in [0.717, 1.165) is 18.0 Å². The monoisotopic (exact) mass is 269 g/mol. The van der Waals surface area contributed by atoms with Crippen LogP contribution >= 0.6 is 0 Å². The molecule has 0 spiro atoms. The minimum absolute atomic E-state index is 0.544. The lowest BCUT2D eigenvalue weighted by Gasteiger charge is -2.12. The number of nitrogens with one attached hydrogen (secondary N) is 1. The number of hydrogen-bond acceptors (Lipinski definition) is 2. The first-order valence-electron chi connectivity index (χ1n) is 7.12. The van der Waals surface area contributed by atoms with E-state index < -0.39 is 0 Å². The van der Waals surface area contributed by atoms with Crippen LogP contribution in [-0.4, -0.2) is 7.05 Å². The van der Waals surface area contributed by atoms with Crippen LogP contribution in [0.4, 0.5) is 0 Å². The summed E-state index contributed by atoms with van der Waals surface area (Å²) in [5.74, 6) is 2.32. The zero-order valence-corrected chi connectivity index (χ0v) is 12.7. The Bertz CT molecular complexity index is 575. The van der Waals surface area contributed by atoms with Crippen molar-refractivity contribution in [2.75, 3.05) is 7.05 Å². The van der Waals surface area contributed by atoms with E-state index in [1.807, 2.05) is 25.2 Å². The van der Waals surface area contributed by atoms with Gasteiger partial charge in [0.05, 0.1) is 0 Å². The van der Waals surface area contributed by atoms with Crippen LogP contribution in [0.15, 0.2) is 42.5 Å². The zero-order chi connectivity index (χ0) is 14.5. The highest BCUT2D eigenvalue weighted by Gasteiger charge is 2.05. The largest absolute Gasteiger partial charge is 0.457 e. The van der Waals surface area contributed by atoms with Gasteiger partial charge in [-0.1, -0.05) is 32.0 Å². The van der Waals surface area contributed by atoms with Gasteiger partial charge < -0.3 is 10.1 Å². The highest BCUT2D eigenvalue weighted by atomic mass is 16.5. The van der Waals surface area contributed by atoms with Crippen LogP contribution in [0.3, 0.4) is 0 Å². The van der Waals surface area contributed by atoms with Gasteiger partial charge in [0.2, 0.25) is 0 Å². The quantitative estimate of drug-likeness (QED) is 0.854. The summed E-state index contributed by atoms with van der Waals surface area (Å²) >= 11 is 0. The number of ether oxygens (including phenoxy) is 1. The SMILES string of the molecule is CNCc1cccc(Oc2ccc(C(C)C)c(C)c2)c1. The molecule has 1 N–H and O–H groups in total. The van der Waals surface area contributed by atoms with Crippen molar-refractivity contribution in [3.63, 3.8) is 0 Å². The van der Waals surface area contributed by atoms with Crippen molar-refractivity contribution < 1.29 is 4.74 Å². The van der Waals surface area contributed by atoms with Crippen molar-refractivity contribution in [1.82, 2.24) is 5.32 Å². The van der Waals surface area contributed by atoms with E-state index in [1.54, 1.807) is 0 Å². The van der Waals surface area contributed by atoms with Gasteiger partial charge in [-0.3, -0.25) is 0 Å². The average Bonchev–Trinajstić information content (AvgIpc) is 2.39. The smallest absolute Gasteiger partial charge is 0.127 e. The molecule has 0 heterocycles. The molecule has 0 saturated heterocycles. The van der Waals surface area contributed by atoms with Crippen molar-refractivity contribution >= 4 is 0 Å². The molecule has 0 atom stereocenters. The van der Waals surface area contributed by atoms with Crippen LogP contribution in [0, 0.1) is 6.92 Å². The van der Waals surface area contributed by atoms with Crippen molar-refractivity contribution in [2.24, 2.45) is 0 Å². The molecule has 0 unspecified atom stereocenters.